The normalized spacial score (nSPS) is 11.1. The fourth-order valence-corrected chi connectivity index (χ4v) is 3.74. The molecule has 0 bridgehead atoms. The Balaban J connectivity index is 1.73. The van der Waals surface area contributed by atoms with Crippen LogP contribution in [0.1, 0.15) is 5.56 Å². The van der Waals surface area contributed by atoms with Crippen LogP contribution in [0.2, 0.25) is 0 Å². The fourth-order valence-electron chi connectivity index (χ4n) is 3.74. The first-order valence-corrected chi connectivity index (χ1v) is 10.1. The van der Waals surface area contributed by atoms with Gasteiger partial charge in [0.1, 0.15) is 22.8 Å². The van der Waals surface area contributed by atoms with E-state index in [2.05, 4.69) is 22.4 Å². The number of H-pyrrole nitrogens is 1. The highest BCUT2D eigenvalue weighted by atomic mass is 16.5. The van der Waals surface area contributed by atoms with Crippen LogP contribution in [-0.2, 0) is 6.54 Å². The number of imidazole rings is 1. The van der Waals surface area contributed by atoms with Crippen molar-refractivity contribution in [2.45, 2.75) is 6.54 Å². The van der Waals surface area contributed by atoms with Gasteiger partial charge in [-0.05, 0) is 23.8 Å². The van der Waals surface area contributed by atoms with E-state index < -0.39 is 0 Å². The molecule has 8 heteroatoms. The Kier molecular flexibility index (Phi) is 4.95. The molecule has 5 rings (SSSR count). The standard InChI is InChI=1S/C24H22N6O2/c1-31-16-12-17-21(20(13-16)32-2)28-24(29-22(17)26-14-15-8-4-3-5-9-15)30-19-11-7-6-10-18(19)27-23(30)25/h3-13H,14H2,1-2H3,(H2,25,27)(H,26,28,29). The average Bonchev–Trinajstić information content (AvgIpc) is 3.17. The molecule has 3 aromatic carbocycles. The van der Waals surface area contributed by atoms with E-state index in [1.54, 1.807) is 24.9 Å². The molecule has 5 aromatic rings. The monoisotopic (exact) mass is 426 g/mol. The van der Waals surface area contributed by atoms with Crippen LogP contribution < -0.4 is 20.4 Å². The van der Waals surface area contributed by atoms with Gasteiger partial charge in [0.05, 0.1) is 30.6 Å². The molecule has 160 valence electrons. The predicted octanol–water partition coefficient (Wildman–Crippen LogP) is 4.01. The van der Waals surface area contributed by atoms with Gasteiger partial charge in [-0.3, -0.25) is 5.41 Å². The summed E-state index contributed by atoms with van der Waals surface area (Å²) in [4.78, 5) is 12.7. The van der Waals surface area contributed by atoms with Gasteiger partial charge in [-0.1, -0.05) is 42.5 Å². The molecule has 0 saturated carbocycles. The molecule has 0 aliphatic heterocycles. The van der Waals surface area contributed by atoms with Crippen molar-refractivity contribution < 1.29 is 9.47 Å². The van der Waals surface area contributed by atoms with Crippen molar-refractivity contribution in [1.29, 1.82) is 5.41 Å². The highest BCUT2D eigenvalue weighted by molar-refractivity contribution is 5.95. The van der Waals surface area contributed by atoms with Crippen LogP contribution in [0, 0.1) is 5.41 Å². The number of anilines is 1. The van der Waals surface area contributed by atoms with Crippen molar-refractivity contribution in [3.8, 4) is 17.4 Å². The van der Waals surface area contributed by atoms with Crippen LogP contribution in [-0.4, -0.2) is 33.7 Å². The lowest BCUT2D eigenvalue weighted by molar-refractivity contribution is 0.397. The van der Waals surface area contributed by atoms with Gasteiger partial charge < -0.3 is 19.8 Å². The van der Waals surface area contributed by atoms with Gasteiger partial charge in [0.15, 0.2) is 0 Å². The Morgan fingerprint density at radius 1 is 0.969 bits per heavy atom. The largest absolute Gasteiger partial charge is 0.497 e. The number of nitrogens with zero attached hydrogens (tertiary/aromatic N) is 3. The van der Waals surface area contributed by atoms with Crippen LogP contribution in [0.4, 0.5) is 5.82 Å². The van der Waals surface area contributed by atoms with Crippen molar-refractivity contribution in [3.05, 3.63) is 77.9 Å². The van der Waals surface area contributed by atoms with Gasteiger partial charge in [-0.15, -0.1) is 0 Å². The van der Waals surface area contributed by atoms with E-state index in [1.807, 2.05) is 48.5 Å². The number of aromatic amines is 1. The second-order valence-corrected chi connectivity index (χ2v) is 7.26. The van der Waals surface area contributed by atoms with E-state index in [0.29, 0.717) is 35.3 Å². The molecule has 0 aliphatic carbocycles. The van der Waals surface area contributed by atoms with E-state index in [4.69, 9.17) is 24.9 Å². The number of para-hydroxylation sites is 2. The van der Waals surface area contributed by atoms with Gasteiger partial charge in [0, 0.05) is 12.6 Å². The van der Waals surface area contributed by atoms with Gasteiger partial charge in [-0.2, -0.15) is 4.98 Å². The predicted molar refractivity (Wildman–Crippen MR) is 123 cm³/mol. The maximum atomic E-state index is 8.47. The number of fused-ring (bicyclic) bond motifs is 2. The molecule has 0 saturated heterocycles. The zero-order chi connectivity index (χ0) is 22.1. The zero-order valence-electron chi connectivity index (χ0n) is 17.7. The van der Waals surface area contributed by atoms with Crippen molar-refractivity contribution in [2.75, 3.05) is 19.5 Å². The highest BCUT2D eigenvalue weighted by Crippen LogP contribution is 2.34. The molecule has 0 aliphatic rings. The molecule has 3 N–H and O–H groups in total. The fraction of sp³-hybridized carbons (Fsp3) is 0.125. The molecule has 8 nitrogen and oxygen atoms in total. The first-order chi connectivity index (χ1) is 15.7. The number of ether oxygens (including phenoxy) is 2. The van der Waals surface area contributed by atoms with E-state index in [9.17, 15) is 0 Å². The molecule has 0 fully saturated rings. The molecular weight excluding hydrogens is 404 g/mol. The Bertz CT molecular complexity index is 1470. The van der Waals surface area contributed by atoms with Crippen molar-refractivity contribution in [2.24, 2.45) is 0 Å². The van der Waals surface area contributed by atoms with Gasteiger partial charge in [0.25, 0.3) is 0 Å². The number of rotatable bonds is 6. The van der Waals surface area contributed by atoms with Gasteiger partial charge in [0.2, 0.25) is 11.6 Å². The third kappa shape index (κ3) is 3.41. The van der Waals surface area contributed by atoms with Crippen LogP contribution in [0.3, 0.4) is 0 Å². The second-order valence-electron chi connectivity index (χ2n) is 7.26. The Morgan fingerprint density at radius 3 is 2.53 bits per heavy atom. The molecule has 0 unspecified atom stereocenters. The highest BCUT2D eigenvalue weighted by Gasteiger charge is 2.17. The molecular formula is C24H22N6O2. The summed E-state index contributed by atoms with van der Waals surface area (Å²) in [6.07, 6.45) is 0. The third-order valence-electron chi connectivity index (χ3n) is 5.31. The first kappa shape index (κ1) is 19.6. The molecule has 32 heavy (non-hydrogen) atoms. The van der Waals surface area contributed by atoms with E-state index >= 15 is 0 Å². The minimum Gasteiger partial charge on any atom is -0.497 e. The molecule has 0 radical (unpaired) electrons. The maximum Gasteiger partial charge on any atom is 0.239 e. The summed E-state index contributed by atoms with van der Waals surface area (Å²) in [5.74, 6) is 2.22. The molecule has 2 aromatic heterocycles. The Labute approximate surface area is 184 Å². The van der Waals surface area contributed by atoms with E-state index in [-0.39, 0.29) is 5.62 Å². The smallest absolute Gasteiger partial charge is 0.239 e. The minimum absolute atomic E-state index is 0.187. The lowest BCUT2D eigenvalue weighted by Crippen LogP contribution is -2.18. The lowest BCUT2D eigenvalue weighted by atomic mass is 10.2. The summed E-state index contributed by atoms with van der Waals surface area (Å²) < 4.78 is 12.8. The van der Waals surface area contributed by atoms with Gasteiger partial charge >= 0.3 is 0 Å². The second kappa shape index (κ2) is 8.07. The van der Waals surface area contributed by atoms with E-state index in [0.717, 1.165) is 22.0 Å². The number of hydrogen-bond donors (Lipinski definition) is 3. The quantitative estimate of drug-likeness (QED) is 0.381. The maximum absolute atomic E-state index is 8.47. The average molecular weight is 426 g/mol. The lowest BCUT2D eigenvalue weighted by Gasteiger charge is -2.15. The summed E-state index contributed by atoms with van der Waals surface area (Å²) in [6.45, 7) is 0.582. The zero-order valence-corrected chi connectivity index (χ0v) is 17.7. The van der Waals surface area contributed by atoms with Crippen LogP contribution in [0.15, 0.2) is 66.7 Å². The molecule has 0 spiro atoms. The molecule has 0 atom stereocenters. The van der Waals surface area contributed by atoms with Crippen molar-refractivity contribution in [1.82, 2.24) is 19.5 Å². The summed E-state index contributed by atoms with van der Waals surface area (Å²) in [7, 11) is 3.21. The number of aromatic nitrogens is 4. The molecule has 2 heterocycles. The van der Waals surface area contributed by atoms with Crippen LogP contribution in [0.25, 0.3) is 27.9 Å². The number of hydrogen-bond acceptors (Lipinski definition) is 6. The Morgan fingerprint density at radius 2 is 1.75 bits per heavy atom. The van der Waals surface area contributed by atoms with Crippen LogP contribution in [0.5, 0.6) is 11.5 Å². The Hall–Kier alpha value is -4.33. The summed E-state index contributed by atoms with van der Waals surface area (Å²) in [5, 5.41) is 12.7. The third-order valence-corrected chi connectivity index (χ3v) is 5.31. The SMILES string of the molecule is COc1cc(OC)c2nc(-n3c(=N)[nH]c4ccccc43)nc(NCc3ccccc3)c2c1. The number of benzene rings is 3. The minimum atomic E-state index is 0.187. The van der Waals surface area contributed by atoms with Crippen molar-refractivity contribution in [3.63, 3.8) is 0 Å². The number of nitrogens with one attached hydrogen (secondary N) is 3. The van der Waals surface area contributed by atoms with Crippen LogP contribution >= 0.6 is 0 Å². The summed E-state index contributed by atoms with van der Waals surface area (Å²) >= 11 is 0. The van der Waals surface area contributed by atoms with Gasteiger partial charge in [-0.25, -0.2) is 9.55 Å². The summed E-state index contributed by atoms with van der Waals surface area (Å²) in [5.41, 5.74) is 3.59. The molecule has 0 amide bonds. The van der Waals surface area contributed by atoms with Crippen molar-refractivity contribution >= 4 is 27.8 Å². The van der Waals surface area contributed by atoms with E-state index in [1.165, 1.54) is 0 Å². The first-order valence-electron chi connectivity index (χ1n) is 10.1. The number of methoxy groups -OCH3 is 2. The summed E-state index contributed by atoms with van der Waals surface area (Å²) in [6, 6.07) is 21.5. The topological polar surface area (TPSA) is 101 Å².